The topological polar surface area (TPSA) is 47.6 Å². The van der Waals surface area contributed by atoms with Crippen LogP contribution in [0.3, 0.4) is 0 Å². The van der Waals surface area contributed by atoms with Crippen molar-refractivity contribution in [1.82, 2.24) is 0 Å². The molecule has 1 amide bonds. The summed E-state index contributed by atoms with van der Waals surface area (Å²) in [4.78, 5) is 13.7. The van der Waals surface area contributed by atoms with Crippen molar-refractivity contribution >= 4 is 23.4 Å². The molecule has 5 heteroatoms. The third-order valence-electron chi connectivity index (χ3n) is 4.36. The molecule has 2 aromatic rings. The molecule has 4 nitrogen and oxygen atoms in total. The summed E-state index contributed by atoms with van der Waals surface area (Å²) in [6, 6.07) is 13.2. The Morgan fingerprint density at radius 2 is 1.68 bits per heavy atom. The van der Waals surface area contributed by atoms with Crippen molar-refractivity contribution in [3.05, 3.63) is 48.0 Å². The van der Waals surface area contributed by atoms with Gasteiger partial charge in [0.2, 0.25) is 0 Å². The molecule has 1 N–H and O–H groups in total. The number of rotatable bonds is 6. The van der Waals surface area contributed by atoms with Crippen molar-refractivity contribution in [2.45, 2.75) is 35.8 Å². The standard InChI is InChI=1S/C20H23NO3S/c1-23-18-12-7-14(13-19(18)24-2)20(22)21-15-8-10-17(11-9-15)25-16-5-3-4-6-16/h7-13,16H,3-6H2,1-2H3,(H,21,22). The molecule has 0 spiro atoms. The molecule has 1 fully saturated rings. The van der Waals surface area contributed by atoms with Crippen LogP contribution in [0.2, 0.25) is 0 Å². The van der Waals surface area contributed by atoms with Gasteiger partial charge in [0.1, 0.15) is 0 Å². The number of amides is 1. The number of anilines is 1. The Bertz CT molecular complexity index is 724. The van der Waals surface area contributed by atoms with Crippen LogP contribution < -0.4 is 14.8 Å². The van der Waals surface area contributed by atoms with Gasteiger partial charge in [-0.2, -0.15) is 0 Å². The summed E-state index contributed by atoms with van der Waals surface area (Å²) >= 11 is 1.94. The number of carbonyl (C=O) groups excluding carboxylic acids is 1. The SMILES string of the molecule is COc1ccc(C(=O)Nc2ccc(SC3CCCC3)cc2)cc1OC. The zero-order chi connectivity index (χ0) is 17.6. The maximum absolute atomic E-state index is 12.4. The lowest BCUT2D eigenvalue weighted by Crippen LogP contribution is -2.12. The summed E-state index contributed by atoms with van der Waals surface area (Å²) in [6.45, 7) is 0. The summed E-state index contributed by atoms with van der Waals surface area (Å²) in [6.07, 6.45) is 5.30. The largest absolute Gasteiger partial charge is 0.493 e. The van der Waals surface area contributed by atoms with Gasteiger partial charge in [0, 0.05) is 21.4 Å². The lowest BCUT2D eigenvalue weighted by molar-refractivity contribution is 0.102. The van der Waals surface area contributed by atoms with Gasteiger partial charge in [-0.05, 0) is 55.3 Å². The third kappa shape index (κ3) is 4.48. The van der Waals surface area contributed by atoms with Crippen LogP contribution in [-0.4, -0.2) is 25.4 Å². The molecule has 1 saturated carbocycles. The molecular weight excluding hydrogens is 334 g/mol. The van der Waals surface area contributed by atoms with Crippen LogP contribution in [0.5, 0.6) is 11.5 Å². The highest BCUT2D eigenvalue weighted by molar-refractivity contribution is 8.00. The average Bonchev–Trinajstić information content (AvgIpc) is 3.15. The minimum atomic E-state index is -0.169. The Hall–Kier alpha value is -2.14. The highest BCUT2D eigenvalue weighted by Crippen LogP contribution is 2.35. The van der Waals surface area contributed by atoms with E-state index in [1.54, 1.807) is 32.4 Å². The number of methoxy groups -OCH3 is 2. The van der Waals surface area contributed by atoms with Gasteiger partial charge in [0.05, 0.1) is 14.2 Å². The number of ether oxygens (including phenoxy) is 2. The first-order chi connectivity index (χ1) is 12.2. The van der Waals surface area contributed by atoms with Crippen LogP contribution >= 0.6 is 11.8 Å². The molecule has 0 saturated heterocycles. The third-order valence-corrected chi connectivity index (χ3v) is 5.71. The van der Waals surface area contributed by atoms with E-state index in [9.17, 15) is 4.79 Å². The molecular formula is C20H23NO3S. The Labute approximate surface area is 152 Å². The minimum Gasteiger partial charge on any atom is -0.493 e. The van der Waals surface area contributed by atoms with E-state index in [1.165, 1.54) is 30.6 Å². The molecule has 25 heavy (non-hydrogen) atoms. The number of nitrogens with one attached hydrogen (secondary N) is 1. The van der Waals surface area contributed by atoms with Gasteiger partial charge in [-0.3, -0.25) is 4.79 Å². The number of carbonyl (C=O) groups is 1. The van der Waals surface area contributed by atoms with E-state index in [-0.39, 0.29) is 5.91 Å². The maximum atomic E-state index is 12.4. The van der Waals surface area contributed by atoms with E-state index in [2.05, 4.69) is 17.4 Å². The minimum absolute atomic E-state index is 0.169. The number of benzene rings is 2. The number of hydrogen-bond acceptors (Lipinski definition) is 4. The zero-order valence-corrected chi connectivity index (χ0v) is 15.4. The second kappa shape index (κ2) is 8.30. The summed E-state index contributed by atoms with van der Waals surface area (Å²) in [5, 5.41) is 3.67. The fourth-order valence-electron chi connectivity index (χ4n) is 3.00. The monoisotopic (exact) mass is 357 g/mol. The van der Waals surface area contributed by atoms with Gasteiger partial charge < -0.3 is 14.8 Å². The highest BCUT2D eigenvalue weighted by atomic mass is 32.2. The van der Waals surface area contributed by atoms with Crippen LogP contribution in [-0.2, 0) is 0 Å². The molecule has 1 aliphatic carbocycles. The first kappa shape index (κ1) is 17.7. The second-order valence-electron chi connectivity index (χ2n) is 6.07. The smallest absolute Gasteiger partial charge is 0.255 e. The molecule has 0 aromatic heterocycles. The van der Waals surface area contributed by atoms with Crippen molar-refractivity contribution in [3.63, 3.8) is 0 Å². The van der Waals surface area contributed by atoms with E-state index in [1.807, 2.05) is 23.9 Å². The molecule has 1 aliphatic rings. The maximum Gasteiger partial charge on any atom is 0.255 e. The fraction of sp³-hybridized carbons (Fsp3) is 0.350. The Morgan fingerprint density at radius 1 is 1.00 bits per heavy atom. The zero-order valence-electron chi connectivity index (χ0n) is 14.6. The summed E-state index contributed by atoms with van der Waals surface area (Å²) < 4.78 is 10.4. The molecule has 0 heterocycles. The van der Waals surface area contributed by atoms with Gasteiger partial charge in [-0.15, -0.1) is 11.8 Å². The first-order valence-corrected chi connectivity index (χ1v) is 9.37. The van der Waals surface area contributed by atoms with Crippen molar-refractivity contribution in [2.75, 3.05) is 19.5 Å². The summed E-state index contributed by atoms with van der Waals surface area (Å²) in [7, 11) is 3.13. The van der Waals surface area contributed by atoms with E-state index in [0.29, 0.717) is 17.1 Å². The van der Waals surface area contributed by atoms with E-state index < -0.39 is 0 Å². The second-order valence-corrected chi connectivity index (χ2v) is 7.45. The van der Waals surface area contributed by atoms with Crippen LogP contribution in [0.4, 0.5) is 5.69 Å². The highest BCUT2D eigenvalue weighted by Gasteiger charge is 2.16. The van der Waals surface area contributed by atoms with Gasteiger partial charge in [0.15, 0.2) is 11.5 Å². The lowest BCUT2D eigenvalue weighted by atomic mass is 10.2. The van der Waals surface area contributed by atoms with Crippen LogP contribution in [0, 0.1) is 0 Å². The van der Waals surface area contributed by atoms with E-state index >= 15 is 0 Å². The molecule has 0 aliphatic heterocycles. The van der Waals surface area contributed by atoms with Gasteiger partial charge >= 0.3 is 0 Å². The average molecular weight is 357 g/mol. The van der Waals surface area contributed by atoms with Crippen LogP contribution in [0.1, 0.15) is 36.0 Å². The van der Waals surface area contributed by atoms with Crippen LogP contribution in [0.15, 0.2) is 47.4 Å². The van der Waals surface area contributed by atoms with Crippen molar-refractivity contribution in [1.29, 1.82) is 0 Å². The number of hydrogen-bond donors (Lipinski definition) is 1. The van der Waals surface area contributed by atoms with Crippen LogP contribution in [0.25, 0.3) is 0 Å². The predicted octanol–water partition coefficient (Wildman–Crippen LogP) is 4.99. The predicted molar refractivity (Wildman–Crippen MR) is 102 cm³/mol. The summed E-state index contributed by atoms with van der Waals surface area (Å²) in [5.41, 5.74) is 1.32. The first-order valence-electron chi connectivity index (χ1n) is 8.49. The van der Waals surface area contributed by atoms with Crippen molar-refractivity contribution in [3.8, 4) is 11.5 Å². The molecule has 0 radical (unpaired) electrons. The van der Waals surface area contributed by atoms with Gasteiger partial charge in [0.25, 0.3) is 5.91 Å². The van der Waals surface area contributed by atoms with Gasteiger partial charge in [-0.1, -0.05) is 12.8 Å². The van der Waals surface area contributed by atoms with E-state index in [0.717, 1.165) is 10.9 Å². The molecule has 0 unspecified atom stereocenters. The quantitative estimate of drug-likeness (QED) is 0.791. The Balaban J connectivity index is 1.64. The molecule has 132 valence electrons. The number of thioether (sulfide) groups is 1. The molecule has 0 bridgehead atoms. The summed E-state index contributed by atoms with van der Waals surface area (Å²) in [5.74, 6) is 0.975. The fourth-order valence-corrected chi connectivity index (χ4v) is 4.24. The molecule has 3 rings (SSSR count). The van der Waals surface area contributed by atoms with Crippen molar-refractivity contribution < 1.29 is 14.3 Å². The Morgan fingerprint density at radius 3 is 2.32 bits per heavy atom. The molecule has 0 atom stereocenters. The van der Waals surface area contributed by atoms with Gasteiger partial charge in [-0.25, -0.2) is 0 Å². The Kier molecular flexibility index (Phi) is 5.87. The molecule has 2 aromatic carbocycles. The van der Waals surface area contributed by atoms with E-state index in [4.69, 9.17) is 9.47 Å². The lowest BCUT2D eigenvalue weighted by Gasteiger charge is -2.11. The van der Waals surface area contributed by atoms with Crippen molar-refractivity contribution in [2.24, 2.45) is 0 Å². The normalized spacial score (nSPS) is 14.3.